The van der Waals surface area contributed by atoms with Gasteiger partial charge in [-0.1, -0.05) is 11.8 Å². The van der Waals surface area contributed by atoms with Crippen molar-refractivity contribution in [2.24, 2.45) is 0 Å². The lowest BCUT2D eigenvalue weighted by Gasteiger charge is -1.96. The van der Waals surface area contributed by atoms with Crippen LogP contribution < -0.4 is 5.73 Å². The minimum atomic E-state index is -0.385. The van der Waals surface area contributed by atoms with Crippen LogP contribution in [-0.2, 0) is 4.79 Å². The van der Waals surface area contributed by atoms with Crippen molar-refractivity contribution < 1.29 is 9.18 Å². The molecule has 0 fully saturated rings. The number of nitrogen functional groups attached to an aromatic ring is 1. The van der Waals surface area contributed by atoms with Crippen molar-refractivity contribution in [3.63, 3.8) is 0 Å². The van der Waals surface area contributed by atoms with Crippen molar-refractivity contribution in [2.75, 3.05) is 5.73 Å². The Morgan fingerprint density at radius 1 is 1.54 bits per heavy atom. The van der Waals surface area contributed by atoms with Gasteiger partial charge in [-0.3, -0.25) is 0 Å². The summed E-state index contributed by atoms with van der Waals surface area (Å²) in [6.07, 6.45) is 0.818. The second-order valence-electron chi connectivity index (χ2n) is 2.40. The number of nitrogens with two attached hydrogens (primary N) is 1. The number of rotatable bonds is 1. The van der Waals surface area contributed by atoms with Gasteiger partial charge >= 0.3 is 0 Å². The third-order valence-electron chi connectivity index (χ3n) is 1.42. The Morgan fingerprint density at radius 3 is 3.00 bits per heavy atom. The number of carbonyl (C=O) groups is 1. The van der Waals surface area contributed by atoms with Crippen molar-refractivity contribution in [2.45, 2.75) is 6.42 Å². The van der Waals surface area contributed by atoms with Crippen LogP contribution in [0.15, 0.2) is 18.2 Å². The van der Waals surface area contributed by atoms with Crippen LogP contribution in [0.2, 0.25) is 0 Å². The number of halogens is 1. The predicted molar refractivity (Wildman–Crippen MR) is 48.4 cm³/mol. The van der Waals surface area contributed by atoms with E-state index in [0.717, 1.165) is 0 Å². The van der Waals surface area contributed by atoms with E-state index >= 15 is 0 Å². The number of hydrogen-bond donors (Lipinski definition) is 1. The van der Waals surface area contributed by atoms with Crippen molar-refractivity contribution in [1.29, 1.82) is 0 Å². The van der Waals surface area contributed by atoms with Gasteiger partial charge in [0.2, 0.25) is 0 Å². The molecule has 2 nitrogen and oxygen atoms in total. The molecular weight excluding hydrogens is 169 g/mol. The summed E-state index contributed by atoms with van der Waals surface area (Å²) in [6.45, 7) is 0. The average Bonchev–Trinajstić information content (AvgIpc) is 2.11. The quantitative estimate of drug-likeness (QED) is 0.399. The highest BCUT2D eigenvalue weighted by Gasteiger charge is 1.96. The first-order chi connectivity index (χ1) is 6.24. The van der Waals surface area contributed by atoms with Gasteiger partial charge in [0.25, 0.3) is 0 Å². The molecule has 0 aliphatic carbocycles. The highest BCUT2D eigenvalue weighted by Crippen LogP contribution is 2.11. The second kappa shape index (κ2) is 4.27. The standard InChI is InChI=1S/C10H8FNO/c11-9-4-5-10(12)8(7-9)3-1-2-6-13/h4-7H,2,12H2. The minimum Gasteiger partial charge on any atom is -0.398 e. The molecule has 1 aromatic carbocycles. The molecule has 13 heavy (non-hydrogen) atoms. The summed E-state index contributed by atoms with van der Waals surface area (Å²) in [4.78, 5) is 9.94. The lowest BCUT2D eigenvalue weighted by Crippen LogP contribution is -1.90. The Bertz CT molecular complexity index is 376. The first kappa shape index (κ1) is 9.27. The molecule has 3 heteroatoms. The third kappa shape index (κ3) is 2.60. The zero-order chi connectivity index (χ0) is 9.68. The monoisotopic (exact) mass is 177 g/mol. The van der Waals surface area contributed by atoms with Crippen LogP contribution in [0.4, 0.5) is 10.1 Å². The van der Waals surface area contributed by atoms with Gasteiger partial charge in [0, 0.05) is 5.69 Å². The Hall–Kier alpha value is -1.82. The molecule has 1 rings (SSSR count). The Kier molecular flexibility index (Phi) is 3.04. The van der Waals surface area contributed by atoms with E-state index in [9.17, 15) is 9.18 Å². The summed E-state index contributed by atoms with van der Waals surface area (Å²) in [5.41, 5.74) is 6.35. The van der Waals surface area contributed by atoms with E-state index in [1.807, 2.05) is 0 Å². The first-order valence-electron chi connectivity index (χ1n) is 3.71. The molecule has 0 aromatic heterocycles. The van der Waals surface area contributed by atoms with Crippen LogP contribution in [-0.4, -0.2) is 6.29 Å². The Balaban J connectivity index is 2.95. The van der Waals surface area contributed by atoms with Crippen molar-refractivity contribution >= 4 is 12.0 Å². The highest BCUT2D eigenvalue weighted by molar-refractivity contribution is 5.59. The van der Waals surface area contributed by atoms with Crippen LogP contribution in [0.3, 0.4) is 0 Å². The van der Waals surface area contributed by atoms with E-state index in [2.05, 4.69) is 11.8 Å². The zero-order valence-electron chi connectivity index (χ0n) is 6.88. The molecule has 0 bridgehead atoms. The fourth-order valence-electron chi connectivity index (χ4n) is 0.825. The lowest BCUT2D eigenvalue weighted by atomic mass is 10.2. The Labute approximate surface area is 75.6 Å². The molecule has 2 N–H and O–H groups in total. The molecule has 0 heterocycles. The number of benzene rings is 1. The molecule has 0 aliphatic rings. The van der Waals surface area contributed by atoms with E-state index < -0.39 is 0 Å². The number of carbonyl (C=O) groups excluding carboxylic acids is 1. The predicted octanol–water partition coefficient (Wildman–Crippen LogP) is 1.35. The van der Waals surface area contributed by atoms with Gasteiger partial charge in [-0.15, -0.1) is 0 Å². The van der Waals surface area contributed by atoms with Crippen molar-refractivity contribution in [3.05, 3.63) is 29.6 Å². The summed E-state index contributed by atoms with van der Waals surface area (Å²) < 4.78 is 12.7. The van der Waals surface area contributed by atoms with Crippen LogP contribution in [0.1, 0.15) is 12.0 Å². The van der Waals surface area contributed by atoms with Gasteiger partial charge in [-0.25, -0.2) is 4.39 Å². The molecule has 0 atom stereocenters. The molecule has 0 amide bonds. The summed E-state index contributed by atoms with van der Waals surface area (Å²) in [5, 5.41) is 0. The normalized spacial score (nSPS) is 8.69. The Morgan fingerprint density at radius 2 is 2.31 bits per heavy atom. The van der Waals surface area contributed by atoms with Gasteiger partial charge in [0.15, 0.2) is 0 Å². The van der Waals surface area contributed by atoms with Crippen LogP contribution >= 0.6 is 0 Å². The van der Waals surface area contributed by atoms with E-state index in [1.165, 1.54) is 18.2 Å². The third-order valence-corrected chi connectivity index (χ3v) is 1.42. The van der Waals surface area contributed by atoms with Gasteiger partial charge in [-0.05, 0) is 18.2 Å². The number of aldehydes is 1. The van der Waals surface area contributed by atoms with Gasteiger partial charge < -0.3 is 10.5 Å². The highest BCUT2D eigenvalue weighted by atomic mass is 19.1. The average molecular weight is 177 g/mol. The van der Waals surface area contributed by atoms with E-state index in [-0.39, 0.29) is 12.2 Å². The van der Waals surface area contributed by atoms with Crippen LogP contribution in [0, 0.1) is 17.7 Å². The lowest BCUT2D eigenvalue weighted by molar-refractivity contribution is -0.107. The molecule has 0 saturated carbocycles. The molecule has 0 spiro atoms. The second-order valence-corrected chi connectivity index (χ2v) is 2.40. The van der Waals surface area contributed by atoms with Crippen molar-refractivity contribution in [3.8, 4) is 11.8 Å². The van der Waals surface area contributed by atoms with Gasteiger partial charge in [0.05, 0.1) is 12.0 Å². The maximum Gasteiger partial charge on any atom is 0.131 e. The molecule has 0 radical (unpaired) electrons. The molecule has 0 aliphatic heterocycles. The van der Waals surface area contributed by atoms with E-state index in [4.69, 9.17) is 5.73 Å². The van der Waals surface area contributed by atoms with Crippen molar-refractivity contribution in [1.82, 2.24) is 0 Å². The van der Waals surface area contributed by atoms with Gasteiger partial charge in [0.1, 0.15) is 12.1 Å². The number of hydrogen-bond acceptors (Lipinski definition) is 2. The maximum absolute atomic E-state index is 12.7. The molecule has 0 saturated heterocycles. The SMILES string of the molecule is Nc1ccc(F)cc1C#CCC=O. The van der Waals surface area contributed by atoms with E-state index in [1.54, 1.807) is 0 Å². The smallest absolute Gasteiger partial charge is 0.131 e. The van der Waals surface area contributed by atoms with Crippen LogP contribution in [0.25, 0.3) is 0 Å². The van der Waals surface area contributed by atoms with Crippen LogP contribution in [0.5, 0.6) is 0 Å². The fourth-order valence-corrected chi connectivity index (χ4v) is 0.825. The summed E-state index contributed by atoms with van der Waals surface area (Å²) in [7, 11) is 0. The first-order valence-corrected chi connectivity index (χ1v) is 3.71. The fraction of sp³-hybridized carbons (Fsp3) is 0.100. The molecular formula is C10H8FNO. The van der Waals surface area contributed by atoms with E-state index in [0.29, 0.717) is 17.5 Å². The van der Waals surface area contributed by atoms with Gasteiger partial charge in [-0.2, -0.15) is 0 Å². The molecule has 66 valence electrons. The number of anilines is 1. The molecule has 0 unspecified atom stereocenters. The largest absolute Gasteiger partial charge is 0.398 e. The summed E-state index contributed by atoms with van der Waals surface area (Å²) in [6, 6.07) is 3.95. The summed E-state index contributed by atoms with van der Waals surface area (Å²) in [5.74, 6) is 4.78. The minimum absolute atomic E-state index is 0.135. The topological polar surface area (TPSA) is 43.1 Å². The maximum atomic E-state index is 12.7. The summed E-state index contributed by atoms with van der Waals surface area (Å²) >= 11 is 0. The zero-order valence-corrected chi connectivity index (χ0v) is 6.88. The molecule has 1 aromatic rings.